The van der Waals surface area contributed by atoms with Crippen molar-refractivity contribution in [1.82, 2.24) is 0 Å². The van der Waals surface area contributed by atoms with E-state index in [1.54, 1.807) is 24.3 Å². The van der Waals surface area contributed by atoms with Gasteiger partial charge in [-0.3, -0.25) is 0 Å². The Kier molecular flexibility index (Phi) is 4.72. The molecular formula is C14H12ClIN2O2. The van der Waals surface area contributed by atoms with Gasteiger partial charge in [-0.1, -0.05) is 11.6 Å². The minimum Gasteiger partial charge on any atom is -0.465 e. The number of nitrogen functional groups attached to an aromatic ring is 1. The Morgan fingerprint density at radius 1 is 1.25 bits per heavy atom. The fourth-order valence-electron chi connectivity index (χ4n) is 1.65. The summed E-state index contributed by atoms with van der Waals surface area (Å²) in [5, 5.41) is 3.85. The van der Waals surface area contributed by atoms with Crippen molar-refractivity contribution in [3.63, 3.8) is 0 Å². The second-order valence-electron chi connectivity index (χ2n) is 4.04. The molecule has 0 aliphatic heterocycles. The Morgan fingerprint density at radius 3 is 2.65 bits per heavy atom. The van der Waals surface area contributed by atoms with Crippen molar-refractivity contribution in [3.8, 4) is 0 Å². The van der Waals surface area contributed by atoms with Crippen LogP contribution in [0.4, 0.5) is 17.1 Å². The third-order valence-electron chi connectivity index (χ3n) is 2.67. The summed E-state index contributed by atoms with van der Waals surface area (Å²) < 4.78 is 5.65. The molecule has 0 aliphatic carbocycles. The van der Waals surface area contributed by atoms with Crippen molar-refractivity contribution in [1.29, 1.82) is 0 Å². The molecule has 0 saturated carbocycles. The number of benzene rings is 2. The summed E-state index contributed by atoms with van der Waals surface area (Å²) in [7, 11) is 1.34. The summed E-state index contributed by atoms with van der Waals surface area (Å²) in [5.74, 6) is -0.404. The first-order chi connectivity index (χ1) is 9.51. The molecule has 2 aromatic carbocycles. The highest BCUT2D eigenvalue weighted by atomic mass is 127. The minimum atomic E-state index is -0.404. The first-order valence-corrected chi connectivity index (χ1v) is 7.17. The van der Waals surface area contributed by atoms with Crippen molar-refractivity contribution < 1.29 is 9.53 Å². The number of halogens is 2. The van der Waals surface area contributed by atoms with Crippen molar-refractivity contribution in [2.45, 2.75) is 0 Å². The third kappa shape index (κ3) is 3.34. The summed E-state index contributed by atoms with van der Waals surface area (Å²) in [6, 6.07) is 10.4. The van der Waals surface area contributed by atoms with Crippen molar-refractivity contribution in [2.24, 2.45) is 0 Å². The average molecular weight is 403 g/mol. The van der Waals surface area contributed by atoms with Crippen LogP contribution in [0.3, 0.4) is 0 Å². The zero-order valence-corrected chi connectivity index (χ0v) is 13.5. The highest BCUT2D eigenvalue weighted by molar-refractivity contribution is 14.1. The smallest absolute Gasteiger partial charge is 0.337 e. The van der Waals surface area contributed by atoms with E-state index in [1.165, 1.54) is 7.11 Å². The normalized spacial score (nSPS) is 10.2. The lowest BCUT2D eigenvalue weighted by atomic mass is 10.1. The van der Waals surface area contributed by atoms with Crippen LogP contribution in [0.2, 0.25) is 5.02 Å². The van der Waals surface area contributed by atoms with Gasteiger partial charge < -0.3 is 15.8 Å². The van der Waals surface area contributed by atoms with Gasteiger partial charge in [0.25, 0.3) is 0 Å². The molecule has 0 atom stereocenters. The maximum atomic E-state index is 11.5. The molecule has 4 nitrogen and oxygen atoms in total. The van der Waals surface area contributed by atoms with E-state index in [1.807, 2.05) is 12.1 Å². The summed E-state index contributed by atoms with van der Waals surface area (Å²) >= 11 is 8.09. The van der Waals surface area contributed by atoms with Crippen molar-refractivity contribution in [2.75, 3.05) is 18.2 Å². The zero-order chi connectivity index (χ0) is 14.7. The van der Waals surface area contributed by atoms with Crippen LogP contribution in [0.15, 0.2) is 36.4 Å². The Bertz CT molecular complexity index is 662. The van der Waals surface area contributed by atoms with Crippen LogP contribution in [0, 0.1) is 3.57 Å². The molecular weight excluding hydrogens is 391 g/mol. The fourth-order valence-corrected chi connectivity index (χ4v) is 2.65. The van der Waals surface area contributed by atoms with Gasteiger partial charge >= 0.3 is 5.97 Å². The zero-order valence-electron chi connectivity index (χ0n) is 10.6. The summed E-state index contributed by atoms with van der Waals surface area (Å²) in [6.07, 6.45) is 0. The SMILES string of the molecule is COC(=O)c1ccc(N)c(Nc2ccc(Cl)cc2I)c1. The summed E-state index contributed by atoms with van der Waals surface area (Å²) in [4.78, 5) is 11.5. The molecule has 2 aromatic rings. The first-order valence-electron chi connectivity index (χ1n) is 5.71. The van der Waals surface area contributed by atoms with E-state index in [0.29, 0.717) is 22.0 Å². The molecule has 2 rings (SSSR count). The Balaban J connectivity index is 2.35. The molecule has 0 saturated heterocycles. The number of methoxy groups -OCH3 is 1. The van der Waals surface area contributed by atoms with Gasteiger partial charge in [0.05, 0.1) is 29.7 Å². The second-order valence-corrected chi connectivity index (χ2v) is 5.64. The number of hydrogen-bond acceptors (Lipinski definition) is 4. The molecule has 20 heavy (non-hydrogen) atoms. The van der Waals surface area contributed by atoms with Gasteiger partial charge in [0.15, 0.2) is 0 Å². The Hall–Kier alpha value is -1.47. The fraction of sp³-hybridized carbons (Fsp3) is 0.0714. The predicted octanol–water partition coefficient (Wildman–Crippen LogP) is 4.06. The molecule has 0 bridgehead atoms. The van der Waals surface area contributed by atoms with E-state index in [9.17, 15) is 4.79 Å². The van der Waals surface area contributed by atoms with Gasteiger partial charge in [-0.15, -0.1) is 0 Å². The first kappa shape index (κ1) is 14.9. The van der Waals surface area contributed by atoms with Crippen LogP contribution in [-0.4, -0.2) is 13.1 Å². The van der Waals surface area contributed by atoms with E-state index in [2.05, 4.69) is 27.9 Å². The number of carbonyl (C=O) groups is 1. The number of esters is 1. The second kappa shape index (κ2) is 6.32. The molecule has 3 N–H and O–H groups in total. The highest BCUT2D eigenvalue weighted by Gasteiger charge is 2.09. The maximum absolute atomic E-state index is 11.5. The van der Waals surface area contributed by atoms with E-state index in [4.69, 9.17) is 22.1 Å². The summed E-state index contributed by atoms with van der Waals surface area (Å²) in [6.45, 7) is 0. The van der Waals surface area contributed by atoms with Crippen LogP contribution in [0.5, 0.6) is 0 Å². The van der Waals surface area contributed by atoms with Gasteiger partial charge in [-0.05, 0) is 59.0 Å². The Labute approximate surface area is 135 Å². The van der Waals surface area contributed by atoms with Gasteiger partial charge in [0.2, 0.25) is 0 Å². The van der Waals surface area contributed by atoms with E-state index < -0.39 is 5.97 Å². The van der Waals surface area contributed by atoms with Crippen molar-refractivity contribution in [3.05, 3.63) is 50.6 Å². The van der Waals surface area contributed by atoms with Crippen LogP contribution in [0.25, 0.3) is 0 Å². The number of anilines is 3. The van der Waals surface area contributed by atoms with Gasteiger partial charge in [0, 0.05) is 8.59 Å². The van der Waals surface area contributed by atoms with Crippen LogP contribution in [-0.2, 0) is 4.74 Å². The molecule has 104 valence electrons. The standard InChI is InChI=1S/C14H12ClIN2O2/c1-20-14(19)8-2-4-11(17)13(6-8)18-12-5-3-9(15)7-10(12)16/h2-7,18H,17H2,1H3. The third-order valence-corrected chi connectivity index (χ3v) is 3.80. The number of rotatable bonds is 3. The largest absolute Gasteiger partial charge is 0.465 e. The topological polar surface area (TPSA) is 64.3 Å². The molecule has 0 fully saturated rings. The number of nitrogens with one attached hydrogen (secondary N) is 1. The Morgan fingerprint density at radius 2 is 2.00 bits per heavy atom. The van der Waals surface area contributed by atoms with Gasteiger partial charge in [-0.2, -0.15) is 0 Å². The molecule has 0 aromatic heterocycles. The molecule has 0 radical (unpaired) electrons. The maximum Gasteiger partial charge on any atom is 0.337 e. The number of hydrogen-bond donors (Lipinski definition) is 2. The highest BCUT2D eigenvalue weighted by Crippen LogP contribution is 2.29. The van der Waals surface area contributed by atoms with E-state index in [-0.39, 0.29) is 0 Å². The van der Waals surface area contributed by atoms with E-state index >= 15 is 0 Å². The summed E-state index contributed by atoms with van der Waals surface area (Å²) in [5.41, 5.74) is 8.41. The minimum absolute atomic E-state index is 0.404. The van der Waals surface area contributed by atoms with Crippen LogP contribution < -0.4 is 11.1 Å². The number of carbonyl (C=O) groups excluding carboxylic acids is 1. The van der Waals surface area contributed by atoms with Gasteiger partial charge in [-0.25, -0.2) is 4.79 Å². The van der Waals surface area contributed by atoms with E-state index in [0.717, 1.165) is 9.26 Å². The van der Waals surface area contributed by atoms with Crippen molar-refractivity contribution >= 4 is 57.2 Å². The lowest BCUT2D eigenvalue weighted by molar-refractivity contribution is 0.0601. The molecule has 0 heterocycles. The molecule has 0 spiro atoms. The monoisotopic (exact) mass is 402 g/mol. The average Bonchev–Trinajstić information content (AvgIpc) is 2.43. The predicted molar refractivity (Wildman–Crippen MR) is 89.6 cm³/mol. The van der Waals surface area contributed by atoms with Crippen LogP contribution >= 0.6 is 34.2 Å². The number of ether oxygens (including phenoxy) is 1. The van der Waals surface area contributed by atoms with Crippen LogP contribution in [0.1, 0.15) is 10.4 Å². The quantitative estimate of drug-likeness (QED) is 0.462. The lowest BCUT2D eigenvalue weighted by Gasteiger charge is -2.12. The lowest BCUT2D eigenvalue weighted by Crippen LogP contribution is -2.04. The molecule has 0 amide bonds. The molecule has 6 heteroatoms. The van der Waals surface area contributed by atoms with Gasteiger partial charge in [0.1, 0.15) is 0 Å². The number of nitrogens with two attached hydrogens (primary N) is 1. The molecule has 0 unspecified atom stereocenters. The molecule has 0 aliphatic rings.